The molecule has 0 aromatic carbocycles. The Labute approximate surface area is 154 Å². The Balaban J connectivity index is 1.59. The molecule has 0 aliphatic carbocycles. The minimum absolute atomic E-state index is 0.0937. The highest BCUT2D eigenvalue weighted by Gasteiger charge is 2.41. The molecule has 5 atom stereocenters. The average Bonchev–Trinajstić information content (AvgIpc) is 3.15. The maximum absolute atomic E-state index is 5.97. The first-order valence-electron chi connectivity index (χ1n) is 10.3. The predicted octanol–water partition coefficient (Wildman–Crippen LogP) is 2.62. The number of piperidine rings is 1. The van der Waals surface area contributed by atoms with Gasteiger partial charge in [0.05, 0.1) is 24.8 Å². The summed E-state index contributed by atoms with van der Waals surface area (Å²) in [6.07, 6.45) is 5.75. The fourth-order valence-electron chi connectivity index (χ4n) is 4.82. The lowest BCUT2D eigenvalue weighted by molar-refractivity contribution is 0.0512. The van der Waals surface area contributed by atoms with Crippen LogP contribution in [-0.2, 0) is 4.74 Å². The second-order valence-corrected chi connectivity index (χ2v) is 9.22. The maximum Gasteiger partial charge on any atom is 0.191 e. The van der Waals surface area contributed by atoms with Gasteiger partial charge >= 0.3 is 0 Å². The lowest BCUT2D eigenvalue weighted by atomic mass is 9.88. The van der Waals surface area contributed by atoms with Crippen LogP contribution in [0, 0.1) is 11.8 Å². The summed E-state index contributed by atoms with van der Waals surface area (Å²) >= 11 is 0. The minimum Gasteiger partial charge on any atom is -0.373 e. The first kappa shape index (κ1) is 19.0. The third-order valence-corrected chi connectivity index (χ3v) is 6.12. The summed E-state index contributed by atoms with van der Waals surface area (Å²) in [5.41, 5.74) is 0.0937. The third kappa shape index (κ3) is 4.68. The number of likely N-dealkylation sites (tertiary alicyclic amines) is 1. The number of guanidine groups is 1. The van der Waals surface area contributed by atoms with Crippen molar-refractivity contribution in [3.8, 4) is 0 Å². The number of ether oxygens (including phenoxy) is 1. The number of fused-ring (bicyclic) bond motifs is 2. The van der Waals surface area contributed by atoms with Gasteiger partial charge in [0.2, 0.25) is 0 Å². The van der Waals surface area contributed by atoms with Gasteiger partial charge in [0.1, 0.15) is 0 Å². The van der Waals surface area contributed by atoms with Gasteiger partial charge in [-0.2, -0.15) is 0 Å². The molecule has 144 valence electrons. The van der Waals surface area contributed by atoms with Crippen molar-refractivity contribution in [2.45, 2.75) is 84.1 Å². The summed E-state index contributed by atoms with van der Waals surface area (Å²) in [6.45, 7) is 15.7. The Kier molecular flexibility index (Phi) is 5.94. The van der Waals surface area contributed by atoms with Gasteiger partial charge in [0, 0.05) is 25.2 Å². The number of hydrogen-bond donors (Lipinski definition) is 2. The number of nitrogens with zero attached hydrogens (tertiary/aromatic N) is 2. The van der Waals surface area contributed by atoms with Crippen LogP contribution in [0.5, 0.6) is 0 Å². The van der Waals surface area contributed by atoms with E-state index >= 15 is 0 Å². The first-order chi connectivity index (χ1) is 11.9. The largest absolute Gasteiger partial charge is 0.373 e. The van der Waals surface area contributed by atoms with Gasteiger partial charge in [0.25, 0.3) is 0 Å². The molecule has 3 saturated heterocycles. The van der Waals surface area contributed by atoms with Crippen LogP contribution in [0.25, 0.3) is 0 Å². The van der Waals surface area contributed by atoms with Gasteiger partial charge in [-0.1, -0.05) is 13.8 Å². The molecule has 3 rings (SSSR count). The monoisotopic (exact) mass is 350 g/mol. The summed E-state index contributed by atoms with van der Waals surface area (Å²) in [5, 5.41) is 7.06. The van der Waals surface area contributed by atoms with Crippen molar-refractivity contribution in [1.29, 1.82) is 0 Å². The molecule has 5 heteroatoms. The zero-order valence-corrected chi connectivity index (χ0v) is 16.8. The van der Waals surface area contributed by atoms with E-state index < -0.39 is 0 Å². The molecule has 0 radical (unpaired) electrons. The van der Waals surface area contributed by atoms with E-state index in [9.17, 15) is 0 Å². The Hall–Kier alpha value is -0.810. The molecule has 2 bridgehead atoms. The van der Waals surface area contributed by atoms with E-state index in [1.165, 1.54) is 32.4 Å². The van der Waals surface area contributed by atoms with Gasteiger partial charge < -0.3 is 15.4 Å². The van der Waals surface area contributed by atoms with E-state index in [1.807, 2.05) is 0 Å². The van der Waals surface area contributed by atoms with Crippen molar-refractivity contribution in [3.05, 3.63) is 0 Å². The Morgan fingerprint density at radius 1 is 1.16 bits per heavy atom. The third-order valence-electron chi connectivity index (χ3n) is 6.12. The molecule has 0 saturated carbocycles. The summed E-state index contributed by atoms with van der Waals surface area (Å²) in [5.74, 6) is 2.52. The standard InChI is InChI=1S/C20H38N4O/c1-6-21-19(23-17-10-16-7-8-18(17)25-16)22-13-20(4,5)24-11-14(2)9-15(3)12-24/h14-18H,6-13H2,1-5H3,(H2,21,22,23). The van der Waals surface area contributed by atoms with Crippen molar-refractivity contribution in [3.63, 3.8) is 0 Å². The van der Waals surface area contributed by atoms with Gasteiger partial charge in [-0.25, -0.2) is 0 Å². The Morgan fingerprint density at radius 2 is 1.88 bits per heavy atom. The smallest absolute Gasteiger partial charge is 0.191 e. The van der Waals surface area contributed by atoms with Gasteiger partial charge in [-0.05, 0) is 58.3 Å². The Morgan fingerprint density at radius 3 is 2.44 bits per heavy atom. The number of hydrogen-bond acceptors (Lipinski definition) is 3. The topological polar surface area (TPSA) is 48.9 Å². The minimum atomic E-state index is 0.0937. The maximum atomic E-state index is 5.97. The van der Waals surface area contributed by atoms with Crippen molar-refractivity contribution < 1.29 is 4.74 Å². The van der Waals surface area contributed by atoms with E-state index in [0.29, 0.717) is 18.2 Å². The van der Waals surface area contributed by atoms with Crippen LogP contribution in [0.2, 0.25) is 0 Å². The molecule has 3 fully saturated rings. The molecule has 3 aliphatic rings. The van der Waals surface area contributed by atoms with Crippen LogP contribution in [-0.4, -0.2) is 60.8 Å². The molecule has 0 amide bonds. The second kappa shape index (κ2) is 7.83. The summed E-state index contributed by atoms with van der Waals surface area (Å²) < 4.78 is 5.97. The normalized spacial score (nSPS) is 36.7. The van der Waals surface area contributed by atoms with Crippen molar-refractivity contribution in [1.82, 2.24) is 15.5 Å². The van der Waals surface area contributed by atoms with E-state index in [0.717, 1.165) is 37.3 Å². The fraction of sp³-hybridized carbons (Fsp3) is 0.950. The average molecular weight is 351 g/mol. The fourth-order valence-corrected chi connectivity index (χ4v) is 4.82. The van der Waals surface area contributed by atoms with Crippen molar-refractivity contribution in [2.75, 3.05) is 26.2 Å². The van der Waals surface area contributed by atoms with E-state index in [-0.39, 0.29) is 5.54 Å². The molecule has 5 nitrogen and oxygen atoms in total. The Bertz CT molecular complexity index is 468. The SMILES string of the molecule is CCNC(=NCC(C)(C)N1CC(C)CC(C)C1)NC1CC2CCC1O2. The van der Waals surface area contributed by atoms with Crippen LogP contribution in [0.3, 0.4) is 0 Å². The summed E-state index contributed by atoms with van der Waals surface area (Å²) in [4.78, 5) is 7.59. The van der Waals surface area contributed by atoms with Crippen LogP contribution >= 0.6 is 0 Å². The zero-order chi connectivity index (χ0) is 18.0. The molecular weight excluding hydrogens is 312 g/mol. The molecule has 2 N–H and O–H groups in total. The highest BCUT2D eigenvalue weighted by atomic mass is 16.5. The van der Waals surface area contributed by atoms with Crippen LogP contribution in [0.1, 0.15) is 60.3 Å². The number of nitrogens with one attached hydrogen (secondary N) is 2. The van der Waals surface area contributed by atoms with Crippen LogP contribution in [0.4, 0.5) is 0 Å². The molecule has 3 aliphatic heterocycles. The van der Waals surface area contributed by atoms with Crippen molar-refractivity contribution >= 4 is 5.96 Å². The molecular formula is C20H38N4O. The number of aliphatic imine (C=N–C) groups is 1. The second-order valence-electron chi connectivity index (χ2n) is 9.22. The summed E-state index contributed by atoms with van der Waals surface area (Å²) in [7, 11) is 0. The van der Waals surface area contributed by atoms with Gasteiger partial charge in [0.15, 0.2) is 5.96 Å². The van der Waals surface area contributed by atoms with Crippen LogP contribution < -0.4 is 10.6 Å². The van der Waals surface area contributed by atoms with Gasteiger partial charge in [-0.3, -0.25) is 9.89 Å². The molecule has 0 aromatic heterocycles. The highest BCUT2D eigenvalue weighted by Crippen LogP contribution is 2.34. The van der Waals surface area contributed by atoms with E-state index in [1.54, 1.807) is 0 Å². The molecule has 0 spiro atoms. The first-order valence-corrected chi connectivity index (χ1v) is 10.3. The van der Waals surface area contributed by atoms with E-state index in [4.69, 9.17) is 9.73 Å². The van der Waals surface area contributed by atoms with Crippen LogP contribution in [0.15, 0.2) is 4.99 Å². The predicted molar refractivity (Wildman–Crippen MR) is 104 cm³/mol. The molecule has 3 heterocycles. The van der Waals surface area contributed by atoms with Gasteiger partial charge in [-0.15, -0.1) is 0 Å². The highest BCUT2D eigenvalue weighted by molar-refractivity contribution is 5.80. The quantitative estimate of drug-likeness (QED) is 0.591. The van der Waals surface area contributed by atoms with Crippen molar-refractivity contribution in [2.24, 2.45) is 16.8 Å². The zero-order valence-electron chi connectivity index (χ0n) is 16.8. The molecule has 0 aromatic rings. The van der Waals surface area contributed by atoms with E-state index in [2.05, 4.69) is 50.2 Å². The summed E-state index contributed by atoms with van der Waals surface area (Å²) in [6, 6.07) is 0.426. The lowest BCUT2D eigenvalue weighted by Gasteiger charge is -2.44. The molecule has 5 unspecified atom stereocenters. The lowest BCUT2D eigenvalue weighted by Crippen LogP contribution is -2.53. The molecule has 25 heavy (non-hydrogen) atoms. The number of rotatable bonds is 5.